The van der Waals surface area contributed by atoms with Crippen LogP contribution in [0.15, 0.2) is 64.0 Å². The first-order chi connectivity index (χ1) is 12.5. The summed E-state index contributed by atoms with van der Waals surface area (Å²) >= 11 is 0. The molecule has 4 rings (SSSR count). The number of nitrogens with zero attached hydrogens (tertiary/aromatic N) is 3. The summed E-state index contributed by atoms with van der Waals surface area (Å²) in [5.41, 5.74) is 1.07. The normalized spacial score (nSPS) is 15.7. The van der Waals surface area contributed by atoms with Gasteiger partial charge in [0.2, 0.25) is 15.9 Å². The van der Waals surface area contributed by atoms with Crippen LogP contribution >= 0.6 is 0 Å². The molecule has 0 aliphatic carbocycles. The molecule has 1 fully saturated rings. The molecule has 0 amide bonds. The third-order valence-corrected chi connectivity index (χ3v) is 6.21. The van der Waals surface area contributed by atoms with Crippen molar-refractivity contribution in [2.75, 3.05) is 13.1 Å². The summed E-state index contributed by atoms with van der Waals surface area (Å²) in [6, 6.07) is 15.1. The maximum absolute atomic E-state index is 13.8. The summed E-state index contributed by atoms with van der Waals surface area (Å²) < 4.78 is 45.2. The molecule has 0 N–H and O–H groups in total. The van der Waals surface area contributed by atoms with Gasteiger partial charge in [-0.2, -0.15) is 9.29 Å². The number of aromatic nitrogens is 2. The molecular formula is C18H16FN3O3S. The molecule has 8 heteroatoms. The lowest BCUT2D eigenvalue weighted by Gasteiger charge is -2.35. The fraction of sp³-hybridized carbons (Fsp3) is 0.222. The third-order valence-electron chi connectivity index (χ3n) is 4.34. The zero-order valence-corrected chi connectivity index (χ0v) is 14.6. The van der Waals surface area contributed by atoms with Crippen LogP contribution in [0.4, 0.5) is 4.39 Å². The number of rotatable bonds is 5. The summed E-state index contributed by atoms with van der Waals surface area (Å²) in [6.07, 6.45) is 0.550. The largest absolute Gasteiger partial charge is 0.339 e. The Kier molecular flexibility index (Phi) is 4.29. The summed E-state index contributed by atoms with van der Waals surface area (Å²) in [5.74, 6) is 0.0463. The second-order valence-electron chi connectivity index (χ2n) is 6.16. The lowest BCUT2D eigenvalue weighted by atomic mass is 10.0. The van der Waals surface area contributed by atoms with E-state index in [4.69, 9.17) is 4.52 Å². The molecule has 1 aliphatic heterocycles. The van der Waals surface area contributed by atoms with Crippen molar-refractivity contribution in [2.24, 2.45) is 0 Å². The predicted octanol–water partition coefficient (Wildman–Crippen LogP) is 2.59. The van der Waals surface area contributed by atoms with Gasteiger partial charge in [0.1, 0.15) is 10.7 Å². The second kappa shape index (κ2) is 6.62. The van der Waals surface area contributed by atoms with Crippen molar-refractivity contribution >= 4 is 10.0 Å². The number of halogens is 1. The Bertz CT molecular complexity index is 1010. The molecule has 134 valence electrons. The van der Waals surface area contributed by atoms with Crippen LogP contribution in [0.5, 0.6) is 0 Å². The smallest absolute Gasteiger partial charge is 0.246 e. The van der Waals surface area contributed by atoms with Crippen LogP contribution in [-0.4, -0.2) is 36.0 Å². The molecule has 1 aliphatic rings. The Balaban J connectivity index is 1.43. The van der Waals surface area contributed by atoms with Crippen LogP contribution in [0.3, 0.4) is 0 Å². The summed E-state index contributed by atoms with van der Waals surface area (Å²) in [6.45, 7) is 0.396. The molecule has 0 saturated carbocycles. The minimum absolute atomic E-state index is 0.173. The highest BCUT2D eigenvalue weighted by Crippen LogP contribution is 2.32. The van der Waals surface area contributed by atoms with E-state index in [1.807, 2.05) is 30.3 Å². The maximum atomic E-state index is 13.8. The molecule has 3 aromatic rings. The van der Waals surface area contributed by atoms with Crippen molar-refractivity contribution in [3.63, 3.8) is 0 Å². The lowest BCUT2D eigenvalue weighted by molar-refractivity contribution is 0.216. The Labute approximate surface area is 150 Å². The van der Waals surface area contributed by atoms with Crippen LogP contribution in [0.25, 0.3) is 0 Å². The van der Waals surface area contributed by atoms with E-state index in [0.29, 0.717) is 18.1 Å². The highest BCUT2D eigenvalue weighted by Gasteiger charge is 2.41. The van der Waals surface area contributed by atoms with Gasteiger partial charge in [-0.3, -0.25) is 0 Å². The molecule has 2 heterocycles. The zero-order chi connectivity index (χ0) is 18.1. The minimum atomic E-state index is -3.85. The number of hydrogen-bond acceptors (Lipinski definition) is 5. The van der Waals surface area contributed by atoms with Crippen LogP contribution in [0, 0.1) is 5.82 Å². The van der Waals surface area contributed by atoms with Crippen molar-refractivity contribution < 1.29 is 17.3 Å². The van der Waals surface area contributed by atoms with E-state index >= 15 is 0 Å². The van der Waals surface area contributed by atoms with E-state index in [0.717, 1.165) is 11.6 Å². The van der Waals surface area contributed by atoms with Crippen molar-refractivity contribution in [1.29, 1.82) is 0 Å². The van der Waals surface area contributed by atoms with Gasteiger partial charge in [0, 0.05) is 19.5 Å². The molecule has 0 unspecified atom stereocenters. The number of benzene rings is 2. The number of sulfonamides is 1. The fourth-order valence-corrected chi connectivity index (χ4v) is 4.46. The SMILES string of the molecule is O=S(=O)(c1ccccc1F)N1CC(c2nc(Cc3ccccc3)no2)C1. The van der Waals surface area contributed by atoms with Crippen LogP contribution in [0.2, 0.25) is 0 Å². The van der Waals surface area contributed by atoms with Gasteiger partial charge < -0.3 is 4.52 Å². The molecule has 0 atom stereocenters. The molecule has 6 nitrogen and oxygen atoms in total. The first-order valence-electron chi connectivity index (χ1n) is 8.15. The summed E-state index contributed by atoms with van der Waals surface area (Å²) in [5, 5.41) is 3.96. The van der Waals surface area contributed by atoms with E-state index in [9.17, 15) is 12.8 Å². The monoisotopic (exact) mass is 373 g/mol. The van der Waals surface area contributed by atoms with Crippen LogP contribution < -0.4 is 0 Å². The average Bonchev–Trinajstić information content (AvgIpc) is 3.02. The van der Waals surface area contributed by atoms with Gasteiger partial charge in [-0.1, -0.05) is 47.6 Å². The Hall–Kier alpha value is -2.58. The standard InChI is InChI=1S/C18H16FN3O3S/c19-15-8-4-5-9-16(15)26(23,24)22-11-14(12-22)18-20-17(21-25-18)10-13-6-2-1-3-7-13/h1-9,14H,10-12H2. The van der Waals surface area contributed by atoms with Gasteiger partial charge in [-0.15, -0.1) is 0 Å². The van der Waals surface area contributed by atoms with Crippen molar-refractivity contribution in [3.05, 3.63) is 77.7 Å². The van der Waals surface area contributed by atoms with E-state index in [1.54, 1.807) is 0 Å². The van der Waals surface area contributed by atoms with Gasteiger partial charge in [0.25, 0.3) is 0 Å². The van der Waals surface area contributed by atoms with Gasteiger partial charge in [-0.05, 0) is 17.7 Å². The van der Waals surface area contributed by atoms with Gasteiger partial charge in [0.15, 0.2) is 5.82 Å². The molecule has 2 aromatic carbocycles. The highest BCUT2D eigenvalue weighted by molar-refractivity contribution is 7.89. The van der Waals surface area contributed by atoms with Gasteiger partial charge in [0.05, 0.1) is 5.92 Å². The van der Waals surface area contributed by atoms with Crippen LogP contribution in [0.1, 0.15) is 23.2 Å². The Morgan fingerprint density at radius 3 is 2.50 bits per heavy atom. The van der Waals surface area contributed by atoms with E-state index in [-0.39, 0.29) is 23.9 Å². The second-order valence-corrected chi connectivity index (χ2v) is 8.07. The van der Waals surface area contributed by atoms with Crippen molar-refractivity contribution in [2.45, 2.75) is 17.2 Å². The van der Waals surface area contributed by atoms with E-state index in [2.05, 4.69) is 10.1 Å². The van der Waals surface area contributed by atoms with E-state index in [1.165, 1.54) is 22.5 Å². The van der Waals surface area contributed by atoms with Gasteiger partial charge >= 0.3 is 0 Å². The average molecular weight is 373 g/mol. The maximum Gasteiger partial charge on any atom is 0.246 e. The van der Waals surface area contributed by atoms with Crippen molar-refractivity contribution in [1.82, 2.24) is 14.4 Å². The molecule has 0 spiro atoms. The lowest BCUT2D eigenvalue weighted by Crippen LogP contribution is -2.48. The molecule has 1 saturated heterocycles. The van der Waals surface area contributed by atoms with Crippen molar-refractivity contribution in [3.8, 4) is 0 Å². The first kappa shape index (κ1) is 16.9. The molecular weight excluding hydrogens is 357 g/mol. The molecule has 0 bridgehead atoms. The fourth-order valence-electron chi connectivity index (χ4n) is 2.87. The quantitative estimate of drug-likeness (QED) is 0.687. The third kappa shape index (κ3) is 3.13. The van der Waals surface area contributed by atoms with Crippen LogP contribution in [-0.2, 0) is 16.4 Å². The topological polar surface area (TPSA) is 76.3 Å². The molecule has 26 heavy (non-hydrogen) atoms. The minimum Gasteiger partial charge on any atom is -0.339 e. The number of hydrogen-bond donors (Lipinski definition) is 0. The van der Waals surface area contributed by atoms with Gasteiger partial charge in [-0.25, -0.2) is 12.8 Å². The Morgan fingerprint density at radius 2 is 1.77 bits per heavy atom. The zero-order valence-electron chi connectivity index (χ0n) is 13.7. The molecule has 0 radical (unpaired) electrons. The van der Waals surface area contributed by atoms with E-state index < -0.39 is 15.8 Å². The highest BCUT2D eigenvalue weighted by atomic mass is 32.2. The Morgan fingerprint density at radius 1 is 1.08 bits per heavy atom. The predicted molar refractivity (Wildman–Crippen MR) is 91.4 cm³/mol. The molecule has 1 aromatic heterocycles. The summed E-state index contributed by atoms with van der Waals surface area (Å²) in [7, 11) is -3.85. The summed E-state index contributed by atoms with van der Waals surface area (Å²) in [4.78, 5) is 4.05. The first-order valence-corrected chi connectivity index (χ1v) is 9.59.